The van der Waals surface area contributed by atoms with Crippen molar-refractivity contribution in [1.29, 1.82) is 0 Å². The molecule has 1 heterocycles. The summed E-state index contributed by atoms with van der Waals surface area (Å²) in [5.74, 6) is 1.73. The minimum atomic E-state index is 0.837. The first-order valence-electron chi connectivity index (χ1n) is 6.43. The van der Waals surface area contributed by atoms with E-state index in [9.17, 15) is 0 Å². The quantitative estimate of drug-likeness (QED) is 0.770. The summed E-state index contributed by atoms with van der Waals surface area (Å²) in [4.78, 5) is 7.94. The van der Waals surface area contributed by atoms with Gasteiger partial charge in [-0.25, -0.2) is 4.98 Å². The molecule has 0 atom stereocenters. The van der Waals surface area contributed by atoms with Crippen molar-refractivity contribution in [3.05, 3.63) is 48.0 Å². The second-order valence-corrected chi connectivity index (χ2v) is 4.52. The number of imidazole rings is 1. The molecule has 96 valence electrons. The zero-order valence-corrected chi connectivity index (χ0v) is 11.1. The fourth-order valence-corrected chi connectivity index (χ4v) is 2.15. The van der Waals surface area contributed by atoms with Crippen molar-refractivity contribution in [3.8, 4) is 17.1 Å². The van der Waals surface area contributed by atoms with Crippen LogP contribution in [0.4, 0.5) is 0 Å². The molecule has 3 rings (SSSR count). The standard InChI is InChI=1S/C16H16N2O/c1-3-11-4-6-12(7-5-11)16-17-14-9-8-13(19-2)10-15(14)18-16/h4-10H,3H2,1-2H3,(H,17,18). The molecule has 19 heavy (non-hydrogen) atoms. The van der Waals surface area contributed by atoms with Gasteiger partial charge in [0.25, 0.3) is 0 Å². The molecule has 0 radical (unpaired) electrons. The number of aromatic amines is 1. The molecule has 2 aromatic carbocycles. The average Bonchev–Trinajstić information content (AvgIpc) is 2.90. The van der Waals surface area contributed by atoms with E-state index in [1.54, 1.807) is 7.11 Å². The third kappa shape index (κ3) is 2.19. The summed E-state index contributed by atoms with van der Waals surface area (Å²) < 4.78 is 5.22. The van der Waals surface area contributed by atoms with Gasteiger partial charge in [0.15, 0.2) is 0 Å². The van der Waals surface area contributed by atoms with E-state index in [2.05, 4.69) is 41.2 Å². The van der Waals surface area contributed by atoms with Gasteiger partial charge in [-0.2, -0.15) is 0 Å². The number of aromatic nitrogens is 2. The molecule has 1 aromatic heterocycles. The van der Waals surface area contributed by atoms with E-state index >= 15 is 0 Å². The molecular formula is C16H16N2O. The molecule has 0 saturated carbocycles. The maximum Gasteiger partial charge on any atom is 0.138 e. The molecule has 0 bridgehead atoms. The van der Waals surface area contributed by atoms with Crippen LogP contribution in [0.1, 0.15) is 12.5 Å². The normalized spacial score (nSPS) is 10.8. The average molecular weight is 252 g/mol. The Bertz CT molecular complexity index is 698. The Balaban J connectivity index is 2.04. The van der Waals surface area contributed by atoms with Gasteiger partial charge in [-0.15, -0.1) is 0 Å². The van der Waals surface area contributed by atoms with Gasteiger partial charge in [0, 0.05) is 11.6 Å². The zero-order valence-electron chi connectivity index (χ0n) is 11.1. The Morgan fingerprint density at radius 1 is 1.11 bits per heavy atom. The number of hydrogen-bond acceptors (Lipinski definition) is 2. The first kappa shape index (κ1) is 11.8. The predicted octanol–water partition coefficient (Wildman–Crippen LogP) is 3.80. The van der Waals surface area contributed by atoms with E-state index in [-0.39, 0.29) is 0 Å². The fourth-order valence-electron chi connectivity index (χ4n) is 2.15. The van der Waals surface area contributed by atoms with Crippen LogP contribution in [-0.4, -0.2) is 17.1 Å². The number of rotatable bonds is 3. The van der Waals surface area contributed by atoms with Crippen LogP contribution < -0.4 is 4.74 Å². The number of nitrogens with zero attached hydrogens (tertiary/aromatic N) is 1. The summed E-state index contributed by atoms with van der Waals surface area (Å²) in [6, 6.07) is 14.3. The van der Waals surface area contributed by atoms with Crippen LogP contribution in [0.5, 0.6) is 5.75 Å². The smallest absolute Gasteiger partial charge is 0.138 e. The van der Waals surface area contributed by atoms with E-state index in [4.69, 9.17) is 4.74 Å². The van der Waals surface area contributed by atoms with Crippen LogP contribution in [0.3, 0.4) is 0 Å². The molecular weight excluding hydrogens is 236 g/mol. The van der Waals surface area contributed by atoms with Gasteiger partial charge >= 0.3 is 0 Å². The largest absolute Gasteiger partial charge is 0.497 e. The highest BCUT2D eigenvalue weighted by atomic mass is 16.5. The molecule has 0 unspecified atom stereocenters. The maximum absolute atomic E-state index is 5.22. The molecule has 0 amide bonds. The van der Waals surface area contributed by atoms with Crippen LogP contribution in [0, 0.1) is 0 Å². The second kappa shape index (κ2) is 4.76. The van der Waals surface area contributed by atoms with Crippen LogP contribution in [-0.2, 0) is 6.42 Å². The number of aryl methyl sites for hydroxylation is 1. The molecule has 0 fully saturated rings. The first-order valence-corrected chi connectivity index (χ1v) is 6.43. The molecule has 1 N–H and O–H groups in total. The van der Waals surface area contributed by atoms with Gasteiger partial charge in [0.05, 0.1) is 18.1 Å². The van der Waals surface area contributed by atoms with Gasteiger partial charge in [0.2, 0.25) is 0 Å². The number of ether oxygens (including phenoxy) is 1. The lowest BCUT2D eigenvalue weighted by Gasteiger charge is -1.98. The molecule has 3 heteroatoms. The van der Waals surface area contributed by atoms with Crippen molar-refractivity contribution < 1.29 is 4.74 Å². The number of benzene rings is 2. The number of hydrogen-bond donors (Lipinski definition) is 1. The minimum Gasteiger partial charge on any atom is -0.497 e. The number of methoxy groups -OCH3 is 1. The van der Waals surface area contributed by atoms with Gasteiger partial charge < -0.3 is 9.72 Å². The third-order valence-corrected chi connectivity index (χ3v) is 3.32. The van der Waals surface area contributed by atoms with Crippen LogP contribution in [0.2, 0.25) is 0 Å². The van der Waals surface area contributed by atoms with Crippen LogP contribution >= 0.6 is 0 Å². The van der Waals surface area contributed by atoms with Gasteiger partial charge in [-0.05, 0) is 24.1 Å². The first-order chi connectivity index (χ1) is 9.30. The highest BCUT2D eigenvalue weighted by molar-refractivity contribution is 5.80. The Labute approximate surface area is 112 Å². The summed E-state index contributed by atoms with van der Waals surface area (Å²) in [5, 5.41) is 0. The molecule has 0 aliphatic rings. The Hall–Kier alpha value is -2.29. The minimum absolute atomic E-state index is 0.837. The Morgan fingerprint density at radius 2 is 1.89 bits per heavy atom. The number of H-pyrrole nitrogens is 1. The predicted molar refractivity (Wildman–Crippen MR) is 77.5 cm³/mol. The zero-order chi connectivity index (χ0) is 13.2. The van der Waals surface area contributed by atoms with Crippen molar-refractivity contribution in [2.75, 3.05) is 7.11 Å². The monoisotopic (exact) mass is 252 g/mol. The van der Waals surface area contributed by atoms with Crippen molar-refractivity contribution in [1.82, 2.24) is 9.97 Å². The summed E-state index contributed by atoms with van der Waals surface area (Å²) in [6.45, 7) is 2.16. The van der Waals surface area contributed by atoms with Crippen molar-refractivity contribution in [2.45, 2.75) is 13.3 Å². The van der Waals surface area contributed by atoms with Crippen molar-refractivity contribution in [3.63, 3.8) is 0 Å². The Morgan fingerprint density at radius 3 is 2.58 bits per heavy atom. The van der Waals surface area contributed by atoms with Crippen molar-refractivity contribution >= 4 is 11.0 Å². The summed E-state index contributed by atoms with van der Waals surface area (Å²) >= 11 is 0. The van der Waals surface area contributed by atoms with Gasteiger partial charge in [-0.3, -0.25) is 0 Å². The van der Waals surface area contributed by atoms with E-state index in [1.165, 1.54) is 5.56 Å². The van der Waals surface area contributed by atoms with E-state index in [1.807, 2.05) is 18.2 Å². The molecule has 3 nitrogen and oxygen atoms in total. The summed E-state index contributed by atoms with van der Waals surface area (Å²) in [7, 11) is 1.67. The fraction of sp³-hybridized carbons (Fsp3) is 0.188. The summed E-state index contributed by atoms with van der Waals surface area (Å²) in [6.07, 6.45) is 1.05. The van der Waals surface area contributed by atoms with Crippen LogP contribution in [0.15, 0.2) is 42.5 Å². The molecule has 0 aliphatic carbocycles. The Kier molecular flexibility index (Phi) is 2.95. The molecule has 0 aliphatic heterocycles. The molecule has 0 spiro atoms. The maximum atomic E-state index is 5.22. The van der Waals surface area contributed by atoms with Gasteiger partial charge in [-0.1, -0.05) is 31.2 Å². The third-order valence-electron chi connectivity index (χ3n) is 3.32. The SMILES string of the molecule is CCc1ccc(-c2nc3ccc(OC)cc3[nH]2)cc1. The van der Waals surface area contributed by atoms with Gasteiger partial charge in [0.1, 0.15) is 11.6 Å². The highest BCUT2D eigenvalue weighted by Crippen LogP contribution is 2.23. The van der Waals surface area contributed by atoms with E-state index in [0.717, 1.165) is 34.6 Å². The molecule has 3 aromatic rings. The molecule has 0 saturated heterocycles. The number of fused-ring (bicyclic) bond motifs is 1. The van der Waals surface area contributed by atoms with Crippen LogP contribution in [0.25, 0.3) is 22.4 Å². The summed E-state index contributed by atoms with van der Waals surface area (Å²) in [5.41, 5.74) is 4.39. The second-order valence-electron chi connectivity index (χ2n) is 4.52. The topological polar surface area (TPSA) is 37.9 Å². The van der Waals surface area contributed by atoms with Crippen molar-refractivity contribution in [2.24, 2.45) is 0 Å². The lowest BCUT2D eigenvalue weighted by molar-refractivity contribution is 0.415. The number of nitrogens with one attached hydrogen (secondary N) is 1. The van der Waals surface area contributed by atoms with E-state index in [0.29, 0.717) is 0 Å². The lowest BCUT2D eigenvalue weighted by Crippen LogP contribution is -1.82. The van der Waals surface area contributed by atoms with E-state index < -0.39 is 0 Å². The lowest BCUT2D eigenvalue weighted by atomic mass is 10.1. The highest BCUT2D eigenvalue weighted by Gasteiger charge is 2.06.